The second kappa shape index (κ2) is 5.16. The van der Waals surface area contributed by atoms with Crippen molar-refractivity contribution >= 4 is 11.4 Å². The van der Waals surface area contributed by atoms with Crippen LogP contribution in [0.2, 0.25) is 0 Å². The molecule has 0 fully saturated rings. The smallest absolute Gasteiger partial charge is 0.102 e. The molecule has 1 rings (SSSR count). The molecule has 0 amide bonds. The van der Waals surface area contributed by atoms with Crippen LogP contribution in [0.15, 0.2) is 12.1 Å². The monoisotopic (exact) mass is 225 g/mol. The predicted molar refractivity (Wildman–Crippen MR) is 64.4 cm³/mol. The average molecular weight is 225 g/mol. The Morgan fingerprint density at radius 1 is 1.19 bits per heavy atom. The summed E-state index contributed by atoms with van der Waals surface area (Å²) in [6.45, 7) is 3.62. The van der Waals surface area contributed by atoms with Crippen molar-refractivity contribution in [3.63, 3.8) is 0 Å². The largest absolute Gasteiger partial charge is 0.398 e. The molecular formula is C11H19N3O2. The molecule has 5 nitrogen and oxygen atoms in total. The van der Waals surface area contributed by atoms with E-state index in [0.717, 1.165) is 5.56 Å². The number of hydrogen-bond donors (Lipinski definition) is 5. The van der Waals surface area contributed by atoms with Crippen LogP contribution >= 0.6 is 0 Å². The number of nitrogens with one attached hydrogen (secondary N) is 1. The first-order valence-corrected chi connectivity index (χ1v) is 5.19. The third kappa shape index (κ3) is 2.85. The van der Waals surface area contributed by atoms with E-state index in [1.807, 2.05) is 0 Å². The van der Waals surface area contributed by atoms with Crippen molar-refractivity contribution in [3.8, 4) is 0 Å². The number of benzene rings is 1. The second-order valence-electron chi connectivity index (χ2n) is 3.87. The number of hydrogen-bond acceptors (Lipinski definition) is 5. The maximum atomic E-state index is 9.65. The molecule has 0 saturated heterocycles. The van der Waals surface area contributed by atoms with Crippen LogP contribution in [0, 0.1) is 0 Å². The first-order chi connectivity index (χ1) is 7.43. The van der Waals surface area contributed by atoms with Crippen molar-refractivity contribution in [2.75, 3.05) is 11.5 Å². The summed E-state index contributed by atoms with van der Waals surface area (Å²) >= 11 is 0. The molecule has 0 saturated carbocycles. The number of anilines is 2. The highest BCUT2D eigenvalue weighted by molar-refractivity contribution is 5.62. The first-order valence-electron chi connectivity index (χ1n) is 5.19. The Bertz CT molecular complexity index is 364. The van der Waals surface area contributed by atoms with Crippen LogP contribution < -0.4 is 16.8 Å². The summed E-state index contributed by atoms with van der Waals surface area (Å²) in [6.07, 6.45) is -1.32. The maximum Gasteiger partial charge on any atom is 0.102 e. The number of nitrogens with two attached hydrogens (primary N) is 2. The van der Waals surface area contributed by atoms with Crippen molar-refractivity contribution < 1.29 is 10.2 Å². The minimum atomic E-state index is -0.686. The highest BCUT2D eigenvalue weighted by Gasteiger charge is 2.14. The van der Waals surface area contributed by atoms with Crippen LogP contribution in [0.5, 0.6) is 0 Å². The molecule has 16 heavy (non-hydrogen) atoms. The molecule has 7 N–H and O–H groups in total. The SMILES string of the molecule is CC(O)NCc1c(N)ccc(N)c1C(C)O. The zero-order chi connectivity index (χ0) is 12.3. The zero-order valence-corrected chi connectivity index (χ0v) is 9.57. The summed E-state index contributed by atoms with van der Waals surface area (Å²) in [5, 5.41) is 21.6. The van der Waals surface area contributed by atoms with Gasteiger partial charge in [-0.15, -0.1) is 0 Å². The van der Waals surface area contributed by atoms with E-state index in [0.29, 0.717) is 23.5 Å². The van der Waals surface area contributed by atoms with Crippen LogP contribution in [-0.4, -0.2) is 16.4 Å². The van der Waals surface area contributed by atoms with Gasteiger partial charge in [0.15, 0.2) is 0 Å². The molecular weight excluding hydrogens is 206 g/mol. The molecule has 0 aliphatic rings. The molecule has 90 valence electrons. The third-order valence-electron chi connectivity index (χ3n) is 2.42. The molecule has 0 aliphatic carbocycles. The minimum absolute atomic E-state index is 0.370. The average Bonchev–Trinajstić information content (AvgIpc) is 2.18. The Labute approximate surface area is 95.1 Å². The molecule has 1 aromatic rings. The normalized spacial score (nSPS) is 14.8. The van der Waals surface area contributed by atoms with Gasteiger partial charge in [-0.05, 0) is 31.5 Å². The summed E-state index contributed by atoms with van der Waals surface area (Å²) in [7, 11) is 0. The molecule has 0 aliphatic heterocycles. The Balaban J connectivity index is 3.08. The maximum absolute atomic E-state index is 9.65. The Hall–Kier alpha value is -1.30. The fraction of sp³-hybridized carbons (Fsp3) is 0.455. The summed E-state index contributed by atoms with van der Waals surface area (Å²) in [6, 6.07) is 3.36. The van der Waals surface area contributed by atoms with E-state index in [2.05, 4.69) is 5.32 Å². The topological polar surface area (TPSA) is 105 Å². The number of aliphatic hydroxyl groups excluding tert-OH is 2. The van der Waals surface area contributed by atoms with Gasteiger partial charge in [0.1, 0.15) is 6.23 Å². The summed E-state index contributed by atoms with van der Waals surface area (Å²) in [5.74, 6) is 0. The standard InChI is InChI=1S/C11H19N3O2/c1-6(15)11-8(5-14-7(2)16)9(12)3-4-10(11)13/h3-4,6-7,14-16H,5,12-13H2,1-2H3. The van der Waals surface area contributed by atoms with Gasteiger partial charge in [-0.1, -0.05) is 0 Å². The van der Waals surface area contributed by atoms with E-state index in [1.54, 1.807) is 26.0 Å². The summed E-state index contributed by atoms with van der Waals surface area (Å²) in [4.78, 5) is 0. The summed E-state index contributed by atoms with van der Waals surface area (Å²) < 4.78 is 0. The molecule has 2 unspecified atom stereocenters. The molecule has 1 aromatic carbocycles. The van der Waals surface area contributed by atoms with E-state index in [4.69, 9.17) is 16.6 Å². The van der Waals surface area contributed by atoms with E-state index in [9.17, 15) is 5.11 Å². The van der Waals surface area contributed by atoms with E-state index in [-0.39, 0.29) is 0 Å². The van der Waals surface area contributed by atoms with Gasteiger partial charge in [-0.25, -0.2) is 0 Å². The fourth-order valence-electron chi connectivity index (χ4n) is 1.64. The van der Waals surface area contributed by atoms with Gasteiger partial charge >= 0.3 is 0 Å². The number of nitrogen functional groups attached to an aromatic ring is 2. The van der Waals surface area contributed by atoms with Gasteiger partial charge < -0.3 is 21.7 Å². The van der Waals surface area contributed by atoms with Crippen LogP contribution in [0.25, 0.3) is 0 Å². The molecule has 0 heterocycles. The molecule has 2 atom stereocenters. The Morgan fingerprint density at radius 2 is 1.75 bits per heavy atom. The lowest BCUT2D eigenvalue weighted by Crippen LogP contribution is -2.26. The first kappa shape index (κ1) is 12.8. The van der Waals surface area contributed by atoms with E-state index < -0.39 is 12.3 Å². The van der Waals surface area contributed by atoms with E-state index in [1.165, 1.54) is 0 Å². The highest BCUT2D eigenvalue weighted by Crippen LogP contribution is 2.28. The van der Waals surface area contributed by atoms with Crippen LogP contribution in [0.4, 0.5) is 11.4 Å². The van der Waals surface area contributed by atoms with Crippen LogP contribution in [0.1, 0.15) is 31.1 Å². The second-order valence-corrected chi connectivity index (χ2v) is 3.87. The van der Waals surface area contributed by atoms with Crippen LogP contribution in [-0.2, 0) is 6.54 Å². The molecule has 0 radical (unpaired) electrons. The Kier molecular flexibility index (Phi) is 4.12. The van der Waals surface area contributed by atoms with Crippen molar-refractivity contribution in [3.05, 3.63) is 23.3 Å². The molecule has 0 aromatic heterocycles. The lowest BCUT2D eigenvalue weighted by atomic mass is 9.99. The number of rotatable bonds is 4. The highest BCUT2D eigenvalue weighted by atomic mass is 16.3. The van der Waals surface area contributed by atoms with Crippen molar-refractivity contribution in [2.24, 2.45) is 0 Å². The molecule has 0 bridgehead atoms. The van der Waals surface area contributed by atoms with Gasteiger partial charge in [-0.3, -0.25) is 5.32 Å². The predicted octanol–water partition coefficient (Wildman–Crippen LogP) is 0.332. The third-order valence-corrected chi connectivity index (χ3v) is 2.42. The lowest BCUT2D eigenvalue weighted by Gasteiger charge is -2.18. The summed E-state index contributed by atoms with van der Waals surface area (Å²) in [5.41, 5.74) is 14.0. The molecule has 0 spiro atoms. The van der Waals surface area contributed by atoms with Gasteiger partial charge in [0.2, 0.25) is 0 Å². The number of aliphatic hydroxyl groups is 2. The van der Waals surface area contributed by atoms with Gasteiger partial charge in [0, 0.05) is 23.5 Å². The Morgan fingerprint density at radius 3 is 2.25 bits per heavy atom. The van der Waals surface area contributed by atoms with Crippen molar-refractivity contribution in [1.82, 2.24) is 5.32 Å². The molecule has 5 heteroatoms. The van der Waals surface area contributed by atoms with Gasteiger partial charge in [0.25, 0.3) is 0 Å². The van der Waals surface area contributed by atoms with Gasteiger partial charge in [-0.2, -0.15) is 0 Å². The fourth-order valence-corrected chi connectivity index (χ4v) is 1.64. The van der Waals surface area contributed by atoms with Crippen molar-refractivity contribution in [1.29, 1.82) is 0 Å². The van der Waals surface area contributed by atoms with E-state index >= 15 is 0 Å². The lowest BCUT2D eigenvalue weighted by molar-refractivity contribution is 0.153. The van der Waals surface area contributed by atoms with Crippen LogP contribution in [0.3, 0.4) is 0 Å². The van der Waals surface area contributed by atoms with Gasteiger partial charge in [0.05, 0.1) is 6.10 Å². The zero-order valence-electron chi connectivity index (χ0n) is 9.57. The minimum Gasteiger partial charge on any atom is -0.398 e. The van der Waals surface area contributed by atoms with Crippen molar-refractivity contribution in [2.45, 2.75) is 32.7 Å². The quantitative estimate of drug-likeness (QED) is 0.375.